The fourth-order valence-corrected chi connectivity index (χ4v) is 3.16. The van der Waals surface area contributed by atoms with Gasteiger partial charge >= 0.3 is 0 Å². The number of hydrogen-bond acceptors (Lipinski definition) is 5. The summed E-state index contributed by atoms with van der Waals surface area (Å²) in [5, 5.41) is 7.51. The Hall–Kier alpha value is -1.24. The first-order valence-electron chi connectivity index (χ1n) is 5.99. The van der Waals surface area contributed by atoms with E-state index in [1.807, 2.05) is 11.4 Å². The normalized spacial score (nSPS) is 11.5. The Morgan fingerprint density at radius 1 is 1.47 bits per heavy atom. The molecule has 6 heteroatoms. The Morgan fingerprint density at radius 2 is 2.26 bits per heavy atom. The molecule has 102 valence electrons. The van der Waals surface area contributed by atoms with Crippen LogP contribution >= 0.6 is 22.7 Å². The quantitative estimate of drug-likeness (QED) is 0.890. The van der Waals surface area contributed by atoms with Crippen LogP contribution < -0.4 is 11.1 Å². The number of aromatic nitrogens is 1. The predicted octanol–water partition coefficient (Wildman–Crippen LogP) is 2.37. The van der Waals surface area contributed by atoms with Crippen LogP contribution in [-0.4, -0.2) is 17.4 Å². The molecule has 0 unspecified atom stereocenters. The zero-order chi connectivity index (χ0) is 13.9. The Bertz CT molecular complexity index is 546. The minimum atomic E-state index is -0.138. The Morgan fingerprint density at radius 3 is 2.84 bits per heavy atom. The fraction of sp³-hybridized carbons (Fsp3) is 0.385. The Kier molecular flexibility index (Phi) is 4.34. The summed E-state index contributed by atoms with van der Waals surface area (Å²) in [4.78, 5) is 17.4. The SMILES string of the molecule is CC(C)(CNC(=O)c1csc(CN)n1)c1cccs1. The third kappa shape index (κ3) is 3.40. The van der Waals surface area contributed by atoms with Gasteiger partial charge in [0.1, 0.15) is 10.7 Å². The van der Waals surface area contributed by atoms with E-state index in [1.54, 1.807) is 16.7 Å². The molecule has 0 radical (unpaired) electrons. The van der Waals surface area contributed by atoms with Crippen molar-refractivity contribution in [3.05, 3.63) is 38.5 Å². The lowest BCUT2D eigenvalue weighted by atomic mass is 9.91. The van der Waals surface area contributed by atoms with Crippen molar-refractivity contribution in [3.63, 3.8) is 0 Å². The first-order valence-corrected chi connectivity index (χ1v) is 7.75. The van der Waals surface area contributed by atoms with E-state index in [1.165, 1.54) is 16.2 Å². The highest BCUT2D eigenvalue weighted by Gasteiger charge is 2.23. The first-order chi connectivity index (χ1) is 9.03. The molecule has 0 spiro atoms. The van der Waals surface area contributed by atoms with Gasteiger partial charge in [-0.05, 0) is 11.4 Å². The smallest absolute Gasteiger partial charge is 0.270 e. The molecule has 2 aromatic heterocycles. The van der Waals surface area contributed by atoms with Gasteiger partial charge in [-0.1, -0.05) is 19.9 Å². The molecule has 0 aliphatic carbocycles. The van der Waals surface area contributed by atoms with Gasteiger partial charge in [-0.15, -0.1) is 22.7 Å². The second-order valence-electron chi connectivity index (χ2n) is 4.87. The van der Waals surface area contributed by atoms with Gasteiger partial charge in [0, 0.05) is 28.8 Å². The van der Waals surface area contributed by atoms with Gasteiger partial charge in [-0.2, -0.15) is 0 Å². The predicted molar refractivity (Wildman–Crippen MR) is 79.7 cm³/mol. The van der Waals surface area contributed by atoms with Crippen molar-refractivity contribution in [2.24, 2.45) is 5.73 Å². The van der Waals surface area contributed by atoms with E-state index < -0.39 is 0 Å². The summed E-state index contributed by atoms with van der Waals surface area (Å²) in [6.07, 6.45) is 0. The van der Waals surface area contributed by atoms with Crippen molar-refractivity contribution in [2.75, 3.05) is 6.54 Å². The molecule has 1 amide bonds. The van der Waals surface area contributed by atoms with Crippen molar-refractivity contribution in [2.45, 2.75) is 25.8 Å². The van der Waals surface area contributed by atoms with E-state index in [0.29, 0.717) is 18.8 Å². The Labute approximate surface area is 120 Å². The highest BCUT2D eigenvalue weighted by molar-refractivity contribution is 7.10. The second-order valence-corrected chi connectivity index (χ2v) is 6.76. The number of nitrogens with two attached hydrogens (primary N) is 1. The molecule has 0 aliphatic heterocycles. The molecule has 0 saturated carbocycles. The number of rotatable bonds is 5. The second kappa shape index (κ2) is 5.81. The average molecular weight is 295 g/mol. The van der Waals surface area contributed by atoms with E-state index in [-0.39, 0.29) is 11.3 Å². The van der Waals surface area contributed by atoms with E-state index in [2.05, 4.69) is 30.2 Å². The summed E-state index contributed by atoms with van der Waals surface area (Å²) in [6, 6.07) is 4.11. The summed E-state index contributed by atoms with van der Waals surface area (Å²) < 4.78 is 0. The van der Waals surface area contributed by atoms with Crippen molar-refractivity contribution in [1.82, 2.24) is 10.3 Å². The fourth-order valence-electron chi connectivity index (χ4n) is 1.65. The highest BCUT2D eigenvalue weighted by atomic mass is 32.1. The lowest BCUT2D eigenvalue weighted by Gasteiger charge is -2.23. The molecule has 0 atom stereocenters. The van der Waals surface area contributed by atoms with Gasteiger partial charge in [0.05, 0.1) is 0 Å². The maximum Gasteiger partial charge on any atom is 0.270 e. The maximum atomic E-state index is 12.0. The van der Waals surface area contributed by atoms with Crippen LogP contribution in [0.3, 0.4) is 0 Å². The van der Waals surface area contributed by atoms with E-state index in [4.69, 9.17) is 5.73 Å². The van der Waals surface area contributed by atoms with Gasteiger partial charge in [-0.25, -0.2) is 4.98 Å². The number of hydrogen-bond donors (Lipinski definition) is 2. The highest BCUT2D eigenvalue weighted by Crippen LogP contribution is 2.26. The number of nitrogens with one attached hydrogen (secondary N) is 1. The van der Waals surface area contributed by atoms with E-state index >= 15 is 0 Å². The topological polar surface area (TPSA) is 68.0 Å². The number of thiazole rings is 1. The van der Waals surface area contributed by atoms with E-state index in [9.17, 15) is 4.79 Å². The maximum absolute atomic E-state index is 12.0. The lowest BCUT2D eigenvalue weighted by molar-refractivity contribution is 0.0941. The van der Waals surface area contributed by atoms with Crippen LogP contribution in [0.4, 0.5) is 0 Å². The van der Waals surface area contributed by atoms with Gasteiger partial charge < -0.3 is 11.1 Å². The minimum Gasteiger partial charge on any atom is -0.350 e. The minimum absolute atomic E-state index is 0.0729. The molecule has 0 fully saturated rings. The third-order valence-electron chi connectivity index (χ3n) is 2.84. The van der Waals surface area contributed by atoms with Crippen molar-refractivity contribution < 1.29 is 4.79 Å². The number of carbonyl (C=O) groups excluding carboxylic acids is 1. The molecular formula is C13H17N3OS2. The summed E-state index contributed by atoms with van der Waals surface area (Å²) in [7, 11) is 0. The number of thiophene rings is 1. The van der Waals surface area contributed by atoms with Crippen LogP contribution in [0.5, 0.6) is 0 Å². The average Bonchev–Trinajstić information content (AvgIpc) is 3.06. The van der Waals surface area contributed by atoms with Crippen LogP contribution in [0.2, 0.25) is 0 Å². The first kappa shape index (κ1) is 14.2. The number of nitrogens with zero attached hydrogens (tertiary/aromatic N) is 1. The molecule has 3 N–H and O–H groups in total. The van der Waals surface area contributed by atoms with Crippen LogP contribution in [0, 0.1) is 0 Å². The van der Waals surface area contributed by atoms with Crippen molar-refractivity contribution in [3.8, 4) is 0 Å². The van der Waals surface area contributed by atoms with Gasteiger partial charge in [-0.3, -0.25) is 4.79 Å². The zero-order valence-electron chi connectivity index (χ0n) is 11.0. The molecule has 0 bridgehead atoms. The standard InChI is InChI=1S/C13H17N3OS2/c1-13(2,10-4-3-5-18-10)8-15-12(17)9-7-19-11(6-14)16-9/h3-5,7H,6,8,14H2,1-2H3,(H,15,17). The van der Waals surface area contributed by atoms with Crippen LogP contribution in [0.25, 0.3) is 0 Å². The molecule has 2 heterocycles. The largest absolute Gasteiger partial charge is 0.350 e. The molecule has 2 rings (SSSR count). The van der Waals surface area contributed by atoms with Crippen LogP contribution in [0.1, 0.15) is 34.2 Å². The zero-order valence-corrected chi connectivity index (χ0v) is 12.6. The summed E-state index contributed by atoms with van der Waals surface area (Å²) in [6.45, 7) is 5.19. The summed E-state index contributed by atoms with van der Waals surface area (Å²) >= 11 is 3.12. The summed E-state index contributed by atoms with van der Waals surface area (Å²) in [5.41, 5.74) is 5.87. The van der Waals surface area contributed by atoms with Crippen molar-refractivity contribution in [1.29, 1.82) is 0 Å². The molecule has 0 saturated heterocycles. The van der Waals surface area contributed by atoms with Crippen LogP contribution in [0.15, 0.2) is 22.9 Å². The van der Waals surface area contributed by atoms with Gasteiger partial charge in [0.25, 0.3) is 5.91 Å². The van der Waals surface area contributed by atoms with Gasteiger partial charge in [0.2, 0.25) is 0 Å². The molecule has 4 nitrogen and oxygen atoms in total. The molecule has 2 aromatic rings. The van der Waals surface area contributed by atoms with Gasteiger partial charge in [0.15, 0.2) is 0 Å². The molecule has 0 aromatic carbocycles. The monoisotopic (exact) mass is 295 g/mol. The summed E-state index contributed by atoms with van der Waals surface area (Å²) in [5.74, 6) is -0.138. The van der Waals surface area contributed by atoms with Crippen LogP contribution in [-0.2, 0) is 12.0 Å². The molecule has 0 aliphatic rings. The molecule has 19 heavy (non-hydrogen) atoms. The lowest BCUT2D eigenvalue weighted by Crippen LogP contribution is -2.36. The number of amides is 1. The van der Waals surface area contributed by atoms with E-state index in [0.717, 1.165) is 5.01 Å². The Balaban J connectivity index is 1.97. The third-order valence-corrected chi connectivity index (χ3v) is 4.95. The molecular weight excluding hydrogens is 278 g/mol. The number of carbonyl (C=O) groups is 1. The van der Waals surface area contributed by atoms with Crippen molar-refractivity contribution >= 4 is 28.6 Å².